The van der Waals surface area contributed by atoms with Crippen molar-refractivity contribution in [2.24, 2.45) is 0 Å². The number of hydrogen-bond acceptors (Lipinski definition) is 9. The van der Waals surface area contributed by atoms with Crippen molar-refractivity contribution >= 4 is 29.5 Å². The molecular weight excluding hydrogens is 378 g/mol. The topological polar surface area (TPSA) is 70.9 Å². The molecule has 7 nitrogen and oxygen atoms in total. The standard InChI is InChI=1S/C18H23N7S2/c1-3-15-21-16(25-10-8-24(2)9-11-25)23-18(22-15)27-17-19-7-6-13(20-17)14-5-4-12-26-14/h4,6-7,12,14H,3,5,8-11H2,1-2H3. The molecule has 2 aliphatic rings. The Morgan fingerprint density at radius 1 is 1.11 bits per heavy atom. The van der Waals surface area contributed by atoms with Crippen LogP contribution in [-0.4, -0.2) is 63.0 Å². The fourth-order valence-electron chi connectivity index (χ4n) is 2.98. The van der Waals surface area contributed by atoms with E-state index in [0.29, 0.717) is 15.6 Å². The van der Waals surface area contributed by atoms with E-state index < -0.39 is 0 Å². The van der Waals surface area contributed by atoms with Crippen LogP contribution in [0.4, 0.5) is 5.95 Å². The van der Waals surface area contributed by atoms with E-state index in [0.717, 1.165) is 56.5 Å². The summed E-state index contributed by atoms with van der Waals surface area (Å²) in [7, 11) is 2.14. The summed E-state index contributed by atoms with van der Waals surface area (Å²) in [5.74, 6) is 1.58. The molecule has 0 aromatic carbocycles. The summed E-state index contributed by atoms with van der Waals surface area (Å²) in [6.45, 7) is 5.98. The number of thioether (sulfide) groups is 1. The predicted molar refractivity (Wildman–Crippen MR) is 109 cm³/mol. The van der Waals surface area contributed by atoms with Gasteiger partial charge in [-0.15, -0.1) is 11.8 Å². The van der Waals surface area contributed by atoms with Gasteiger partial charge in [0.15, 0.2) is 5.16 Å². The first kappa shape index (κ1) is 18.6. The third kappa shape index (κ3) is 4.59. The number of nitrogens with zero attached hydrogens (tertiary/aromatic N) is 7. The summed E-state index contributed by atoms with van der Waals surface area (Å²) in [5.41, 5.74) is 1.06. The molecule has 0 aliphatic carbocycles. The van der Waals surface area contributed by atoms with Crippen LogP contribution in [0.2, 0.25) is 0 Å². The van der Waals surface area contributed by atoms with Crippen LogP contribution in [0.15, 0.2) is 34.1 Å². The highest BCUT2D eigenvalue weighted by atomic mass is 32.2. The highest BCUT2D eigenvalue weighted by Gasteiger charge is 2.20. The van der Waals surface area contributed by atoms with Gasteiger partial charge >= 0.3 is 0 Å². The van der Waals surface area contributed by atoms with E-state index in [4.69, 9.17) is 9.97 Å². The van der Waals surface area contributed by atoms with Crippen molar-refractivity contribution < 1.29 is 0 Å². The smallest absolute Gasteiger partial charge is 0.229 e. The Kier molecular flexibility index (Phi) is 5.89. The van der Waals surface area contributed by atoms with E-state index >= 15 is 0 Å². The van der Waals surface area contributed by atoms with Gasteiger partial charge < -0.3 is 9.80 Å². The molecule has 142 valence electrons. The molecule has 1 atom stereocenters. The van der Waals surface area contributed by atoms with Gasteiger partial charge in [0.05, 0.1) is 10.9 Å². The Labute approximate surface area is 168 Å². The Balaban J connectivity index is 1.54. The van der Waals surface area contributed by atoms with Crippen molar-refractivity contribution in [2.75, 3.05) is 38.1 Å². The molecule has 1 saturated heterocycles. The van der Waals surface area contributed by atoms with Gasteiger partial charge in [-0.05, 0) is 36.7 Å². The van der Waals surface area contributed by atoms with Gasteiger partial charge in [0.25, 0.3) is 0 Å². The van der Waals surface area contributed by atoms with E-state index in [1.807, 2.05) is 12.3 Å². The van der Waals surface area contributed by atoms with Crippen LogP contribution in [0.1, 0.15) is 30.1 Å². The molecule has 0 N–H and O–H groups in total. The SMILES string of the molecule is CCc1nc(Sc2nccc(C3CC=CS3)n2)nc(N2CCN(C)CC2)n1. The molecule has 4 heterocycles. The number of aromatic nitrogens is 5. The number of anilines is 1. The van der Waals surface area contributed by atoms with Crippen LogP contribution in [0, 0.1) is 0 Å². The van der Waals surface area contributed by atoms with Gasteiger partial charge in [-0.2, -0.15) is 9.97 Å². The monoisotopic (exact) mass is 401 g/mol. The van der Waals surface area contributed by atoms with Crippen molar-refractivity contribution in [3.8, 4) is 0 Å². The van der Waals surface area contributed by atoms with Crippen molar-refractivity contribution in [3.05, 3.63) is 35.3 Å². The van der Waals surface area contributed by atoms with Gasteiger partial charge in [-0.1, -0.05) is 13.0 Å². The fourth-order valence-corrected chi connectivity index (χ4v) is 4.59. The molecule has 2 aliphatic heterocycles. The minimum atomic E-state index is 0.387. The van der Waals surface area contributed by atoms with E-state index in [9.17, 15) is 0 Å². The van der Waals surface area contributed by atoms with Crippen LogP contribution in [0.3, 0.4) is 0 Å². The highest BCUT2D eigenvalue weighted by Crippen LogP contribution is 2.37. The minimum Gasteiger partial charge on any atom is -0.338 e. The summed E-state index contributed by atoms with van der Waals surface area (Å²) >= 11 is 3.22. The van der Waals surface area contributed by atoms with Crippen molar-refractivity contribution in [1.82, 2.24) is 29.8 Å². The average molecular weight is 402 g/mol. The molecule has 0 bridgehead atoms. The lowest BCUT2D eigenvalue weighted by Crippen LogP contribution is -2.45. The van der Waals surface area contributed by atoms with Crippen LogP contribution in [0.25, 0.3) is 0 Å². The molecular formula is C18H23N7S2. The van der Waals surface area contributed by atoms with Gasteiger partial charge in [0.1, 0.15) is 5.82 Å². The lowest BCUT2D eigenvalue weighted by Gasteiger charge is -2.32. The Bertz CT molecular complexity index is 813. The van der Waals surface area contributed by atoms with Crippen molar-refractivity contribution in [3.63, 3.8) is 0 Å². The zero-order valence-corrected chi connectivity index (χ0v) is 17.2. The number of piperazine rings is 1. The first-order chi connectivity index (χ1) is 13.2. The Morgan fingerprint density at radius 2 is 1.96 bits per heavy atom. The largest absolute Gasteiger partial charge is 0.338 e. The van der Waals surface area contributed by atoms with Crippen LogP contribution < -0.4 is 4.90 Å². The van der Waals surface area contributed by atoms with E-state index in [-0.39, 0.29) is 0 Å². The number of allylic oxidation sites excluding steroid dienone is 1. The summed E-state index contributed by atoms with van der Waals surface area (Å²) < 4.78 is 0. The number of hydrogen-bond donors (Lipinski definition) is 0. The number of aryl methyl sites for hydroxylation is 1. The third-order valence-corrected chi connectivity index (χ3v) is 6.46. The molecule has 0 radical (unpaired) electrons. The zero-order valence-electron chi connectivity index (χ0n) is 15.6. The lowest BCUT2D eigenvalue weighted by atomic mass is 10.2. The van der Waals surface area contributed by atoms with E-state index in [2.05, 4.69) is 50.2 Å². The molecule has 1 unspecified atom stereocenters. The van der Waals surface area contributed by atoms with Gasteiger partial charge in [-0.25, -0.2) is 15.0 Å². The molecule has 0 amide bonds. The Morgan fingerprint density at radius 3 is 2.70 bits per heavy atom. The lowest BCUT2D eigenvalue weighted by molar-refractivity contribution is 0.310. The average Bonchev–Trinajstić information content (AvgIpc) is 3.23. The van der Waals surface area contributed by atoms with Gasteiger partial charge in [-0.3, -0.25) is 0 Å². The first-order valence-electron chi connectivity index (χ1n) is 9.21. The molecule has 27 heavy (non-hydrogen) atoms. The quantitative estimate of drug-likeness (QED) is 0.703. The Hall–Kier alpha value is -1.71. The van der Waals surface area contributed by atoms with E-state index in [1.54, 1.807) is 11.8 Å². The predicted octanol–water partition coefficient (Wildman–Crippen LogP) is 2.82. The van der Waals surface area contributed by atoms with E-state index in [1.165, 1.54) is 11.8 Å². The summed E-state index contributed by atoms with van der Waals surface area (Å²) in [6.07, 6.45) is 5.81. The summed E-state index contributed by atoms with van der Waals surface area (Å²) in [4.78, 5) is 27.6. The second kappa shape index (κ2) is 8.53. The molecule has 0 spiro atoms. The number of rotatable bonds is 5. The molecule has 0 saturated carbocycles. The van der Waals surface area contributed by atoms with Crippen molar-refractivity contribution in [1.29, 1.82) is 0 Å². The molecule has 1 fully saturated rings. The fraction of sp³-hybridized carbons (Fsp3) is 0.500. The maximum Gasteiger partial charge on any atom is 0.229 e. The van der Waals surface area contributed by atoms with Crippen LogP contribution >= 0.6 is 23.5 Å². The molecule has 2 aromatic rings. The zero-order chi connectivity index (χ0) is 18.6. The molecule has 2 aromatic heterocycles. The summed E-state index contributed by atoms with van der Waals surface area (Å²) in [5, 5.41) is 3.89. The minimum absolute atomic E-state index is 0.387. The third-order valence-electron chi connectivity index (χ3n) is 4.61. The molecule has 4 rings (SSSR count). The number of likely N-dealkylation sites (N-methyl/N-ethyl adjacent to an activating group) is 1. The maximum absolute atomic E-state index is 4.73. The normalized spacial score (nSPS) is 20.4. The highest BCUT2D eigenvalue weighted by molar-refractivity contribution is 8.02. The van der Waals surface area contributed by atoms with Gasteiger partial charge in [0, 0.05) is 38.8 Å². The second-order valence-corrected chi connectivity index (χ2v) is 8.62. The summed E-state index contributed by atoms with van der Waals surface area (Å²) in [6, 6.07) is 2.00. The van der Waals surface area contributed by atoms with Crippen LogP contribution in [-0.2, 0) is 6.42 Å². The maximum atomic E-state index is 4.73. The first-order valence-corrected chi connectivity index (χ1v) is 11.0. The molecule has 9 heteroatoms. The van der Waals surface area contributed by atoms with Gasteiger partial charge in [0.2, 0.25) is 11.1 Å². The van der Waals surface area contributed by atoms with Crippen molar-refractivity contribution in [2.45, 2.75) is 35.3 Å². The van der Waals surface area contributed by atoms with Crippen LogP contribution in [0.5, 0.6) is 0 Å². The second-order valence-electron chi connectivity index (χ2n) is 6.58.